The van der Waals surface area contributed by atoms with Gasteiger partial charge in [-0.05, 0) is 35.2 Å². The number of amides is 1. The Hall–Kier alpha value is -0.600. The van der Waals surface area contributed by atoms with Crippen LogP contribution in [0.5, 0.6) is 0 Å². The number of pyridine rings is 1. The highest BCUT2D eigenvalue weighted by molar-refractivity contribution is 9.10. The van der Waals surface area contributed by atoms with Crippen LogP contribution in [0.3, 0.4) is 0 Å². The van der Waals surface area contributed by atoms with Crippen LogP contribution >= 0.6 is 27.7 Å². The minimum absolute atomic E-state index is 0.0477. The molecule has 1 rings (SSSR count). The van der Waals surface area contributed by atoms with E-state index in [1.807, 2.05) is 4.72 Å². The van der Waals surface area contributed by atoms with E-state index in [1.54, 1.807) is 13.2 Å². The van der Waals surface area contributed by atoms with E-state index in [1.165, 1.54) is 30.2 Å². The lowest BCUT2D eigenvalue weighted by atomic mass is 10.5. The lowest BCUT2D eigenvalue weighted by Crippen LogP contribution is -2.35. The minimum Gasteiger partial charge on any atom is -0.273 e. The van der Waals surface area contributed by atoms with Gasteiger partial charge in [-0.1, -0.05) is 0 Å². The van der Waals surface area contributed by atoms with Crippen LogP contribution in [0.15, 0.2) is 27.8 Å². The van der Waals surface area contributed by atoms with Gasteiger partial charge in [0.2, 0.25) is 5.91 Å². The fourth-order valence-electron chi connectivity index (χ4n) is 0.921. The van der Waals surface area contributed by atoms with Crippen LogP contribution in [0.2, 0.25) is 0 Å². The van der Waals surface area contributed by atoms with Crippen LogP contribution in [0.25, 0.3) is 0 Å². The first-order chi connectivity index (χ1) is 7.86. The van der Waals surface area contributed by atoms with Gasteiger partial charge >= 0.3 is 0 Å². The first kappa shape index (κ1) is 14.5. The Labute approximate surface area is 113 Å². The summed E-state index contributed by atoms with van der Waals surface area (Å²) >= 11 is 4.39. The van der Waals surface area contributed by atoms with Crippen molar-refractivity contribution >= 4 is 43.6 Å². The summed E-state index contributed by atoms with van der Waals surface area (Å²) in [5.41, 5.74) is 0. The number of rotatable bonds is 4. The maximum Gasteiger partial charge on any atom is 0.265 e. The van der Waals surface area contributed by atoms with E-state index in [2.05, 4.69) is 20.9 Å². The minimum atomic E-state index is -3.84. The molecule has 1 atom stereocenters. The quantitative estimate of drug-likeness (QED) is 0.897. The molecule has 8 heteroatoms. The summed E-state index contributed by atoms with van der Waals surface area (Å²) in [7, 11) is -3.84. The zero-order valence-corrected chi connectivity index (χ0v) is 12.4. The second-order valence-electron chi connectivity index (χ2n) is 3.19. The van der Waals surface area contributed by atoms with Gasteiger partial charge in [-0.2, -0.15) is 11.8 Å². The summed E-state index contributed by atoms with van der Waals surface area (Å²) in [6.07, 6.45) is 4.38. The third-order valence-electron chi connectivity index (χ3n) is 1.95. The first-order valence-electron chi connectivity index (χ1n) is 4.57. The zero-order valence-electron chi connectivity index (χ0n) is 9.18. The Balaban J connectivity index is 2.94. The molecule has 1 amide bonds. The molecule has 1 N–H and O–H groups in total. The van der Waals surface area contributed by atoms with Crippen LogP contribution in [0.4, 0.5) is 0 Å². The maximum atomic E-state index is 11.8. The van der Waals surface area contributed by atoms with Gasteiger partial charge in [-0.15, -0.1) is 0 Å². The molecule has 1 aromatic rings. The largest absolute Gasteiger partial charge is 0.273 e. The first-order valence-corrected chi connectivity index (χ1v) is 8.13. The van der Waals surface area contributed by atoms with E-state index in [0.29, 0.717) is 4.47 Å². The Morgan fingerprint density at radius 1 is 1.53 bits per heavy atom. The fraction of sp³-hybridized carbons (Fsp3) is 0.333. The van der Waals surface area contributed by atoms with Gasteiger partial charge in [0, 0.05) is 16.9 Å². The van der Waals surface area contributed by atoms with E-state index in [0.717, 1.165) is 0 Å². The molecular formula is C9H11BrN2O3S2. The molecule has 0 aromatic carbocycles. The molecule has 1 heterocycles. The predicted octanol–water partition coefficient (Wildman–Crippen LogP) is 1.40. The van der Waals surface area contributed by atoms with Crippen molar-refractivity contribution in [1.29, 1.82) is 0 Å². The lowest BCUT2D eigenvalue weighted by Gasteiger charge is -2.10. The van der Waals surface area contributed by atoms with Crippen LogP contribution < -0.4 is 4.72 Å². The maximum absolute atomic E-state index is 11.8. The van der Waals surface area contributed by atoms with Gasteiger partial charge in [0.05, 0.1) is 5.25 Å². The normalized spacial score (nSPS) is 13.1. The molecular weight excluding hydrogens is 328 g/mol. The lowest BCUT2D eigenvalue weighted by molar-refractivity contribution is -0.118. The molecule has 0 aliphatic rings. The van der Waals surface area contributed by atoms with E-state index in [4.69, 9.17) is 0 Å². The summed E-state index contributed by atoms with van der Waals surface area (Å²) in [6.45, 7) is 1.63. The average molecular weight is 339 g/mol. The average Bonchev–Trinajstić information content (AvgIpc) is 2.27. The highest BCUT2D eigenvalue weighted by atomic mass is 79.9. The van der Waals surface area contributed by atoms with Crippen molar-refractivity contribution in [2.75, 3.05) is 6.26 Å². The Morgan fingerprint density at radius 2 is 2.18 bits per heavy atom. The number of sulfonamides is 1. The van der Waals surface area contributed by atoms with Gasteiger partial charge in [0.25, 0.3) is 10.0 Å². The SMILES string of the molecule is CS[C@H](C)C(=O)NS(=O)(=O)c1cncc(Br)c1. The van der Waals surface area contributed by atoms with Crippen molar-refractivity contribution in [3.63, 3.8) is 0 Å². The number of carbonyl (C=O) groups excluding carboxylic acids is 1. The molecule has 0 fully saturated rings. The third-order valence-corrected chi connectivity index (χ3v) is 4.62. The summed E-state index contributed by atoms with van der Waals surface area (Å²) < 4.78 is 26.2. The Morgan fingerprint density at radius 3 is 2.71 bits per heavy atom. The van der Waals surface area contributed by atoms with Crippen molar-refractivity contribution in [3.8, 4) is 0 Å². The number of nitrogens with zero attached hydrogens (tertiary/aromatic N) is 1. The smallest absolute Gasteiger partial charge is 0.265 e. The molecule has 5 nitrogen and oxygen atoms in total. The molecule has 0 aliphatic heterocycles. The van der Waals surface area contributed by atoms with E-state index in [-0.39, 0.29) is 4.90 Å². The van der Waals surface area contributed by atoms with E-state index < -0.39 is 21.2 Å². The molecule has 17 heavy (non-hydrogen) atoms. The predicted molar refractivity (Wildman–Crippen MR) is 70.2 cm³/mol. The number of hydrogen-bond donors (Lipinski definition) is 1. The molecule has 0 unspecified atom stereocenters. The number of nitrogens with one attached hydrogen (secondary N) is 1. The molecule has 1 aromatic heterocycles. The van der Waals surface area contributed by atoms with Crippen LogP contribution in [-0.4, -0.2) is 30.8 Å². The van der Waals surface area contributed by atoms with Gasteiger partial charge in [0.15, 0.2) is 0 Å². The Bertz CT molecular complexity index is 519. The fourth-order valence-corrected chi connectivity index (χ4v) is 2.83. The van der Waals surface area contributed by atoms with Gasteiger partial charge in [0.1, 0.15) is 4.90 Å². The summed E-state index contributed by atoms with van der Waals surface area (Å²) in [4.78, 5) is 15.2. The number of halogens is 1. The highest BCUT2D eigenvalue weighted by Crippen LogP contribution is 2.14. The van der Waals surface area contributed by atoms with E-state index >= 15 is 0 Å². The molecule has 0 saturated carbocycles. The molecule has 0 bridgehead atoms. The van der Waals surface area contributed by atoms with Crippen molar-refractivity contribution in [3.05, 3.63) is 22.9 Å². The molecule has 94 valence electrons. The Kier molecular flexibility index (Phi) is 4.96. The zero-order chi connectivity index (χ0) is 13.1. The topological polar surface area (TPSA) is 76.1 Å². The standard InChI is InChI=1S/C9H11BrN2O3S2/c1-6(16-2)9(13)12-17(14,15)8-3-7(10)4-11-5-8/h3-6H,1-2H3,(H,12,13)/t6-/m1/s1. The third kappa shape index (κ3) is 3.97. The van der Waals surface area contributed by atoms with Gasteiger partial charge < -0.3 is 0 Å². The summed E-state index contributed by atoms with van der Waals surface area (Å²) in [5.74, 6) is -0.544. The second kappa shape index (κ2) is 5.83. The van der Waals surface area contributed by atoms with Gasteiger partial charge in [-0.3, -0.25) is 9.78 Å². The molecule has 0 aliphatic carbocycles. The number of carbonyl (C=O) groups is 1. The van der Waals surface area contributed by atoms with Crippen LogP contribution in [-0.2, 0) is 14.8 Å². The number of thioether (sulfide) groups is 1. The van der Waals surface area contributed by atoms with Crippen LogP contribution in [0, 0.1) is 0 Å². The number of aromatic nitrogens is 1. The highest BCUT2D eigenvalue weighted by Gasteiger charge is 2.21. The summed E-state index contributed by atoms with van der Waals surface area (Å²) in [6, 6.07) is 1.38. The molecule has 0 saturated heterocycles. The van der Waals surface area contributed by atoms with Crippen molar-refractivity contribution in [1.82, 2.24) is 9.71 Å². The van der Waals surface area contributed by atoms with Gasteiger partial charge in [-0.25, -0.2) is 13.1 Å². The van der Waals surface area contributed by atoms with Crippen molar-refractivity contribution in [2.45, 2.75) is 17.1 Å². The molecule has 0 radical (unpaired) electrons. The van der Waals surface area contributed by atoms with Crippen molar-refractivity contribution in [2.24, 2.45) is 0 Å². The second-order valence-corrected chi connectivity index (χ2v) is 6.96. The monoisotopic (exact) mass is 338 g/mol. The van der Waals surface area contributed by atoms with Crippen LogP contribution in [0.1, 0.15) is 6.92 Å². The van der Waals surface area contributed by atoms with E-state index in [9.17, 15) is 13.2 Å². The summed E-state index contributed by atoms with van der Waals surface area (Å²) in [5, 5.41) is -0.426. The molecule has 0 spiro atoms. The van der Waals surface area contributed by atoms with Crippen molar-refractivity contribution < 1.29 is 13.2 Å². The number of hydrogen-bond acceptors (Lipinski definition) is 5.